The predicted octanol–water partition coefficient (Wildman–Crippen LogP) is 0.201. The maximum Gasteiger partial charge on any atom is 0.0623 e. The van der Waals surface area contributed by atoms with Crippen LogP contribution in [0.2, 0.25) is 0 Å². The van der Waals surface area contributed by atoms with Gasteiger partial charge in [-0.15, -0.1) is 0 Å². The Morgan fingerprint density at radius 2 is 1.70 bits per heavy atom. The first-order valence-electron chi connectivity index (χ1n) is 2.37. The zero-order valence-electron chi connectivity index (χ0n) is 6.42. The van der Waals surface area contributed by atoms with Gasteiger partial charge in [0.05, 0.1) is 5.60 Å². The average Bonchev–Trinajstić information content (AvgIpc) is 1.69. The smallest absolute Gasteiger partial charge is 0.0623 e. The van der Waals surface area contributed by atoms with Crippen LogP contribution in [0.5, 0.6) is 0 Å². The minimum atomic E-state index is -0.373. The topological polar surface area (TPSA) is 72.5 Å². The molecular formula is C5H12NO3Y-. The van der Waals surface area contributed by atoms with Crippen LogP contribution < -0.4 is 5.90 Å². The van der Waals surface area contributed by atoms with E-state index in [1.807, 2.05) is 0 Å². The van der Waals surface area contributed by atoms with Crippen molar-refractivity contribution in [1.82, 2.24) is 0 Å². The third kappa shape index (κ3) is 23.6. The van der Waals surface area contributed by atoms with E-state index in [4.69, 9.17) is 5.21 Å². The van der Waals surface area contributed by atoms with Crippen molar-refractivity contribution in [3.63, 3.8) is 0 Å². The molecule has 0 aliphatic heterocycles. The van der Waals surface area contributed by atoms with Gasteiger partial charge in [0, 0.05) is 32.7 Å². The maximum atomic E-state index is 9.47. The van der Waals surface area contributed by atoms with Crippen LogP contribution in [0.4, 0.5) is 0 Å². The average molecular weight is 223 g/mol. The number of nitrogens with two attached hydrogens (primary N) is 1. The third-order valence-corrected chi connectivity index (χ3v) is 0.348. The predicted molar refractivity (Wildman–Crippen MR) is 32.5 cm³/mol. The summed E-state index contributed by atoms with van der Waals surface area (Å²) in [6, 6.07) is 0. The van der Waals surface area contributed by atoms with E-state index < -0.39 is 0 Å². The molecule has 3 N–H and O–H groups in total. The summed E-state index contributed by atoms with van der Waals surface area (Å²) in [6.45, 7) is 6.73. The summed E-state index contributed by atoms with van der Waals surface area (Å²) < 4.78 is 4.42. The first kappa shape index (κ1) is 16.8. The first-order valence-corrected chi connectivity index (χ1v) is 2.37. The largest absolute Gasteiger partial charge is 0.649 e. The molecule has 0 aromatic rings. The monoisotopic (exact) mass is 223 g/mol. The number of ether oxygens (including phenoxy) is 1. The van der Waals surface area contributed by atoms with Crippen molar-refractivity contribution in [1.29, 1.82) is 0 Å². The van der Waals surface area contributed by atoms with Crippen LogP contribution in [-0.4, -0.2) is 17.3 Å². The summed E-state index contributed by atoms with van der Waals surface area (Å²) in [6.07, 6.45) is 0. The van der Waals surface area contributed by atoms with E-state index in [1.54, 1.807) is 20.8 Å². The first-order chi connectivity index (χ1) is 4.06. The van der Waals surface area contributed by atoms with Crippen molar-refractivity contribution >= 4 is 6.47 Å². The molecule has 0 saturated heterocycles. The maximum absolute atomic E-state index is 9.47. The fraction of sp³-hybridized carbons (Fsp3) is 0.800. The Labute approximate surface area is 86.0 Å². The fourth-order valence-corrected chi connectivity index (χ4v) is 0.125. The van der Waals surface area contributed by atoms with Crippen LogP contribution in [0.15, 0.2) is 0 Å². The van der Waals surface area contributed by atoms with Gasteiger partial charge in [0.2, 0.25) is 0 Å². The molecule has 10 heavy (non-hydrogen) atoms. The van der Waals surface area contributed by atoms with Gasteiger partial charge in [-0.2, -0.15) is 0 Å². The van der Waals surface area contributed by atoms with E-state index in [-0.39, 0.29) is 38.3 Å². The van der Waals surface area contributed by atoms with Gasteiger partial charge in [0.15, 0.2) is 0 Å². The van der Waals surface area contributed by atoms with Crippen molar-refractivity contribution in [2.45, 2.75) is 26.4 Å². The Kier molecular flexibility index (Phi) is 16.0. The number of carbonyl (C=O) groups excluding carboxylic acids is 1. The van der Waals surface area contributed by atoms with Crippen LogP contribution in [0.25, 0.3) is 0 Å². The Balaban J connectivity index is -0.000000149. The molecule has 0 amide bonds. The van der Waals surface area contributed by atoms with E-state index in [2.05, 4.69) is 10.6 Å². The third-order valence-electron chi connectivity index (χ3n) is 0.348. The Morgan fingerprint density at radius 1 is 1.40 bits per heavy atom. The van der Waals surface area contributed by atoms with Crippen molar-refractivity contribution in [3.05, 3.63) is 0 Å². The van der Waals surface area contributed by atoms with Gasteiger partial charge in [0.1, 0.15) is 0 Å². The second-order valence-electron chi connectivity index (χ2n) is 2.30. The molecule has 0 atom stereocenters. The molecule has 0 bridgehead atoms. The molecule has 0 fully saturated rings. The van der Waals surface area contributed by atoms with Crippen LogP contribution in [-0.2, 0) is 42.2 Å². The van der Waals surface area contributed by atoms with Gasteiger partial charge in [-0.25, -0.2) is 5.90 Å². The van der Waals surface area contributed by atoms with Gasteiger partial charge >= 0.3 is 0 Å². The number of rotatable bonds is 1. The molecule has 0 aliphatic carbocycles. The van der Waals surface area contributed by atoms with Gasteiger partial charge in [-0.05, 0) is 20.8 Å². The molecule has 0 spiro atoms. The van der Waals surface area contributed by atoms with Crippen molar-refractivity contribution in [3.8, 4) is 0 Å². The van der Waals surface area contributed by atoms with Crippen LogP contribution >= 0.6 is 0 Å². The zero-order chi connectivity index (χ0) is 7.91. The standard InChI is InChI=1S/C5H9O2.H3NO.Y/c1-5(2,3)7-4-6;1-2;/h1-3H3;2H,1H2;/q-1;;. The van der Waals surface area contributed by atoms with Crippen molar-refractivity contribution in [2.24, 2.45) is 5.90 Å². The molecule has 4 nitrogen and oxygen atoms in total. The molecule has 5 heteroatoms. The number of hydrogen-bond acceptors (Lipinski definition) is 4. The quantitative estimate of drug-likeness (QED) is 0.492. The Hall–Kier alpha value is 0.494. The van der Waals surface area contributed by atoms with Gasteiger partial charge in [0.25, 0.3) is 0 Å². The fourth-order valence-electron chi connectivity index (χ4n) is 0.125. The van der Waals surface area contributed by atoms with E-state index in [0.29, 0.717) is 0 Å². The van der Waals surface area contributed by atoms with Crippen molar-refractivity contribution < 1.29 is 47.4 Å². The summed E-state index contributed by atoms with van der Waals surface area (Å²) in [5, 5.41) is 6.50. The molecule has 0 aromatic carbocycles. The molecular weight excluding hydrogens is 211 g/mol. The molecule has 59 valence electrons. The molecule has 0 aliphatic rings. The number of hydrogen-bond donors (Lipinski definition) is 2. The minimum Gasteiger partial charge on any atom is -0.649 e. The van der Waals surface area contributed by atoms with E-state index >= 15 is 0 Å². The molecule has 0 saturated carbocycles. The van der Waals surface area contributed by atoms with Crippen LogP contribution in [0.3, 0.4) is 0 Å². The SMILES string of the molecule is CC(C)(C)O[C-]=O.NO.[Y]. The Morgan fingerprint density at radius 3 is 1.70 bits per heavy atom. The van der Waals surface area contributed by atoms with Crippen LogP contribution in [0.1, 0.15) is 20.8 Å². The van der Waals surface area contributed by atoms with E-state index in [9.17, 15) is 4.79 Å². The normalized spacial score (nSPS) is 8.10. The van der Waals surface area contributed by atoms with Gasteiger partial charge in [-0.1, -0.05) is 6.47 Å². The molecule has 0 unspecified atom stereocenters. The molecule has 0 rings (SSSR count). The zero-order valence-corrected chi connectivity index (χ0v) is 9.26. The van der Waals surface area contributed by atoms with E-state index in [0.717, 1.165) is 0 Å². The Bertz CT molecular complexity index is 71.8. The second-order valence-corrected chi connectivity index (χ2v) is 2.30. The van der Waals surface area contributed by atoms with Crippen LogP contribution in [0, 0.1) is 0 Å². The minimum absolute atomic E-state index is 0. The summed E-state index contributed by atoms with van der Waals surface area (Å²) >= 11 is 0. The summed E-state index contributed by atoms with van der Waals surface area (Å²) in [7, 11) is 0. The summed E-state index contributed by atoms with van der Waals surface area (Å²) in [5.74, 6) is 3.50. The van der Waals surface area contributed by atoms with E-state index in [1.165, 1.54) is 6.47 Å². The van der Waals surface area contributed by atoms with Crippen molar-refractivity contribution in [2.75, 3.05) is 0 Å². The molecule has 0 aromatic heterocycles. The summed E-state index contributed by atoms with van der Waals surface area (Å²) in [4.78, 5) is 9.47. The molecule has 1 radical (unpaired) electrons. The van der Waals surface area contributed by atoms with Gasteiger partial charge in [-0.3, -0.25) is 0 Å². The summed E-state index contributed by atoms with van der Waals surface area (Å²) in [5.41, 5.74) is -0.373. The molecule has 0 heterocycles. The second kappa shape index (κ2) is 9.49. The van der Waals surface area contributed by atoms with Gasteiger partial charge < -0.3 is 14.7 Å².